The van der Waals surface area contributed by atoms with Crippen molar-refractivity contribution in [2.45, 2.75) is 33.3 Å². The zero-order chi connectivity index (χ0) is 14.5. The van der Waals surface area contributed by atoms with Crippen LogP contribution >= 0.6 is 0 Å². The Morgan fingerprint density at radius 3 is 2.80 bits per heavy atom. The summed E-state index contributed by atoms with van der Waals surface area (Å²) < 4.78 is 10.6. The van der Waals surface area contributed by atoms with Crippen molar-refractivity contribution in [2.24, 2.45) is 0 Å². The fourth-order valence-corrected chi connectivity index (χ4v) is 1.61. The Bertz CT molecular complexity index is 568. The molecule has 0 aliphatic heterocycles. The Kier molecular flexibility index (Phi) is 4.39. The maximum atomic E-state index is 5.81. The van der Waals surface area contributed by atoms with Crippen LogP contribution < -0.4 is 15.8 Å². The number of nitrogens with zero attached hydrogens (tertiary/aromatic N) is 3. The summed E-state index contributed by atoms with van der Waals surface area (Å²) in [6, 6.07) is 3.57. The van der Waals surface area contributed by atoms with Crippen LogP contribution in [-0.4, -0.2) is 27.8 Å². The molecule has 0 amide bonds. The fourth-order valence-electron chi connectivity index (χ4n) is 1.61. The predicted octanol–water partition coefficient (Wildman–Crippen LogP) is 1.80. The minimum atomic E-state index is 0.0291. The third-order valence-corrected chi connectivity index (χ3v) is 2.45. The number of anilines is 2. The van der Waals surface area contributed by atoms with Gasteiger partial charge in [0, 0.05) is 13.0 Å². The molecule has 0 fully saturated rings. The highest BCUT2D eigenvalue weighted by Gasteiger charge is 2.07. The molecule has 0 bridgehead atoms. The van der Waals surface area contributed by atoms with E-state index in [0.717, 1.165) is 0 Å². The minimum Gasteiger partial charge on any atom is -0.473 e. The lowest BCUT2D eigenvalue weighted by molar-refractivity contribution is 0.234. The topological polar surface area (TPSA) is 99.1 Å². The lowest BCUT2D eigenvalue weighted by Crippen LogP contribution is -2.11. The second kappa shape index (κ2) is 6.23. The Morgan fingerprint density at radius 2 is 2.15 bits per heavy atom. The van der Waals surface area contributed by atoms with Gasteiger partial charge in [-0.1, -0.05) is 5.16 Å². The molecule has 108 valence electrons. The van der Waals surface area contributed by atoms with Crippen LogP contribution in [0.25, 0.3) is 0 Å². The summed E-state index contributed by atoms with van der Waals surface area (Å²) in [5.41, 5.74) is 6.34. The zero-order valence-corrected chi connectivity index (χ0v) is 11.9. The first-order chi connectivity index (χ1) is 9.54. The molecule has 0 atom stereocenters. The first kappa shape index (κ1) is 14.1. The molecule has 20 heavy (non-hydrogen) atoms. The Morgan fingerprint density at radius 1 is 1.35 bits per heavy atom. The van der Waals surface area contributed by atoms with Gasteiger partial charge in [0.05, 0.1) is 11.8 Å². The van der Waals surface area contributed by atoms with Crippen LogP contribution in [0, 0.1) is 6.92 Å². The molecule has 0 aliphatic carbocycles. The maximum Gasteiger partial charge on any atom is 0.239 e. The fraction of sp³-hybridized carbons (Fsp3) is 0.462. The van der Waals surface area contributed by atoms with Gasteiger partial charge < -0.3 is 20.3 Å². The summed E-state index contributed by atoms with van der Waals surface area (Å²) in [4.78, 5) is 8.45. The molecule has 0 saturated heterocycles. The van der Waals surface area contributed by atoms with Crippen LogP contribution in [0.15, 0.2) is 16.7 Å². The van der Waals surface area contributed by atoms with Crippen molar-refractivity contribution >= 4 is 11.5 Å². The van der Waals surface area contributed by atoms with E-state index < -0.39 is 0 Å². The number of rotatable bonds is 6. The quantitative estimate of drug-likeness (QED) is 0.830. The van der Waals surface area contributed by atoms with Crippen LogP contribution in [0.2, 0.25) is 0 Å². The predicted molar refractivity (Wildman–Crippen MR) is 75.6 cm³/mol. The van der Waals surface area contributed by atoms with E-state index in [2.05, 4.69) is 20.4 Å². The zero-order valence-electron chi connectivity index (χ0n) is 11.9. The third kappa shape index (κ3) is 3.84. The van der Waals surface area contributed by atoms with Gasteiger partial charge in [0.15, 0.2) is 5.82 Å². The number of nitrogen functional groups attached to an aromatic ring is 1. The molecule has 0 radical (unpaired) electrons. The Balaban J connectivity index is 1.92. The van der Waals surface area contributed by atoms with Gasteiger partial charge in [0.25, 0.3) is 0 Å². The molecular formula is C13H19N5O2. The summed E-state index contributed by atoms with van der Waals surface area (Å²) in [5.74, 6) is 2.38. The molecular weight excluding hydrogens is 258 g/mol. The highest BCUT2D eigenvalue weighted by atomic mass is 16.5. The van der Waals surface area contributed by atoms with Crippen molar-refractivity contribution in [2.75, 3.05) is 17.6 Å². The van der Waals surface area contributed by atoms with Crippen molar-refractivity contribution in [3.05, 3.63) is 23.8 Å². The second-order valence-electron chi connectivity index (χ2n) is 4.67. The van der Waals surface area contributed by atoms with Crippen LogP contribution in [0.4, 0.5) is 11.5 Å². The molecule has 2 rings (SSSR count). The Labute approximate surface area is 117 Å². The highest BCUT2D eigenvalue weighted by molar-refractivity contribution is 5.53. The normalized spacial score (nSPS) is 10.8. The molecule has 0 aromatic carbocycles. The summed E-state index contributed by atoms with van der Waals surface area (Å²) in [6.45, 7) is 6.29. The van der Waals surface area contributed by atoms with E-state index in [1.807, 2.05) is 19.9 Å². The van der Waals surface area contributed by atoms with Gasteiger partial charge in [-0.3, -0.25) is 0 Å². The van der Waals surface area contributed by atoms with Gasteiger partial charge in [-0.05, 0) is 32.9 Å². The number of nitrogens with one attached hydrogen (secondary N) is 1. The van der Waals surface area contributed by atoms with E-state index >= 15 is 0 Å². The SMILES string of the molecule is Cc1noc(CCNc2ccc(N)c(OC(C)C)n2)n1. The lowest BCUT2D eigenvalue weighted by atomic mass is 10.3. The summed E-state index contributed by atoms with van der Waals surface area (Å²) >= 11 is 0. The van der Waals surface area contributed by atoms with E-state index in [0.29, 0.717) is 42.1 Å². The van der Waals surface area contributed by atoms with E-state index in [1.165, 1.54) is 0 Å². The van der Waals surface area contributed by atoms with Gasteiger partial charge in [0.1, 0.15) is 5.82 Å². The second-order valence-corrected chi connectivity index (χ2v) is 4.67. The maximum absolute atomic E-state index is 5.81. The lowest BCUT2D eigenvalue weighted by Gasteiger charge is -2.12. The molecule has 7 heteroatoms. The number of nitrogens with two attached hydrogens (primary N) is 1. The smallest absolute Gasteiger partial charge is 0.239 e. The number of pyridine rings is 1. The molecule has 3 N–H and O–H groups in total. The highest BCUT2D eigenvalue weighted by Crippen LogP contribution is 2.21. The van der Waals surface area contributed by atoms with Crippen molar-refractivity contribution < 1.29 is 9.26 Å². The van der Waals surface area contributed by atoms with Gasteiger partial charge in [-0.15, -0.1) is 0 Å². The summed E-state index contributed by atoms with van der Waals surface area (Å²) in [5, 5.41) is 6.90. The average molecular weight is 277 g/mol. The summed E-state index contributed by atoms with van der Waals surface area (Å²) in [7, 11) is 0. The molecule has 0 unspecified atom stereocenters. The van der Waals surface area contributed by atoms with E-state index in [1.54, 1.807) is 13.0 Å². The van der Waals surface area contributed by atoms with E-state index in [9.17, 15) is 0 Å². The average Bonchev–Trinajstić information content (AvgIpc) is 2.78. The largest absolute Gasteiger partial charge is 0.473 e. The number of hydrogen-bond acceptors (Lipinski definition) is 7. The number of hydrogen-bond donors (Lipinski definition) is 2. The van der Waals surface area contributed by atoms with Crippen LogP contribution in [0.5, 0.6) is 5.88 Å². The van der Waals surface area contributed by atoms with Crippen LogP contribution in [0.3, 0.4) is 0 Å². The van der Waals surface area contributed by atoms with Crippen molar-refractivity contribution in [3.63, 3.8) is 0 Å². The molecule has 7 nitrogen and oxygen atoms in total. The van der Waals surface area contributed by atoms with E-state index in [4.69, 9.17) is 15.0 Å². The molecule has 0 aliphatic rings. The molecule has 2 heterocycles. The van der Waals surface area contributed by atoms with Gasteiger partial charge in [-0.2, -0.15) is 9.97 Å². The van der Waals surface area contributed by atoms with Crippen molar-refractivity contribution in [3.8, 4) is 5.88 Å². The van der Waals surface area contributed by atoms with Crippen LogP contribution in [-0.2, 0) is 6.42 Å². The number of aromatic nitrogens is 3. The van der Waals surface area contributed by atoms with Gasteiger partial charge in [0.2, 0.25) is 11.8 Å². The molecule has 0 spiro atoms. The van der Waals surface area contributed by atoms with E-state index in [-0.39, 0.29) is 6.10 Å². The number of ether oxygens (including phenoxy) is 1. The molecule has 0 saturated carbocycles. The third-order valence-electron chi connectivity index (χ3n) is 2.45. The van der Waals surface area contributed by atoms with Crippen LogP contribution in [0.1, 0.15) is 25.6 Å². The first-order valence-electron chi connectivity index (χ1n) is 6.51. The number of aryl methyl sites for hydroxylation is 1. The van der Waals surface area contributed by atoms with Gasteiger partial charge in [-0.25, -0.2) is 0 Å². The first-order valence-corrected chi connectivity index (χ1v) is 6.51. The summed E-state index contributed by atoms with van der Waals surface area (Å²) in [6.07, 6.45) is 0.661. The Hall–Kier alpha value is -2.31. The molecule has 2 aromatic heterocycles. The monoisotopic (exact) mass is 277 g/mol. The van der Waals surface area contributed by atoms with Crippen molar-refractivity contribution in [1.82, 2.24) is 15.1 Å². The standard InChI is InChI=1S/C13H19N5O2/c1-8(2)19-13-10(14)4-5-11(17-13)15-7-6-12-16-9(3)18-20-12/h4-5,8H,6-7,14H2,1-3H3,(H,15,17). The van der Waals surface area contributed by atoms with Gasteiger partial charge >= 0.3 is 0 Å². The van der Waals surface area contributed by atoms with Crippen molar-refractivity contribution in [1.29, 1.82) is 0 Å². The minimum absolute atomic E-state index is 0.0291. The molecule has 2 aromatic rings.